The second-order valence-electron chi connectivity index (χ2n) is 3.49. The first-order valence-corrected chi connectivity index (χ1v) is 5.80. The molecule has 1 N–H and O–H groups in total. The lowest BCUT2D eigenvalue weighted by molar-refractivity contribution is 0.750. The normalized spacial score (nSPS) is 17.6. The van der Waals surface area contributed by atoms with Crippen molar-refractivity contribution in [2.45, 2.75) is 31.7 Å². The summed E-state index contributed by atoms with van der Waals surface area (Å²) in [6.07, 6.45) is 7.18. The van der Waals surface area contributed by atoms with E-state index in [9.17, 15) is 0 Å². The predicted molar refractivity (Wildman–Crippen MR) is 62.8 cm³/mol. The van der Waals surface area contributed by atoms with Gasteiger partial charge in [0.1, 0.15) is 5.82 Å². The van der Waals surface area contributed by atoms with E-state index in [0.717, 1.165) is 5.82 Å². The number of hydrogen-bond donors (Lipinski definition) is 1. The van der Waals surface area contributed by atoms with E-state index in [1.807, 2.05) is 12.3 Å². The number of anilines is 1. The van der Waals surface area contributed by atoms with Gasteiger partial charge in [-0.15, -0.1) is 0 Å². The van der Waals surface area contributed by atoms with Crippen molar-refractivity contribution in [1.82, 2.24) is 4.98 Å². The molecule has 1 heterocycles. The topological polar surface area (TPSA) is 24.9 Å². The average molecular weight is 288 g/mol. The molecule has 3 heteroatoms. The number of pyridine rings is 1. The Kier molecular flexibility index (Phi) is 3.03. The van der Waals surface area contributed by atoms with Gasteiger partial charge in [0.25, 0.3) is 0 Å². The largest absolute Gasteiger partial charge is 0.367 e. The Morgan fingerprint density at radius 3 is 2.85 bits per heavy atom. The Labute approximate surface area is 92.3 Å². The van der Waals surface area contributed by atoms with E-state index in [4.69, 9.17) is 0 Å². The van der Waals surface area contributed by atoms with Crippen LogP contribution in [0.15, 0.2) is 18.3 Å². The van der Waals surface area contributed by atoms with Crippen molar-refractivity contribution in [3.05, 3.63) is 21.9 Å². The predicted octanol–water partition coefficient (Wildman–Crippen LogP) is 3.04. The van der Waals surface area contributed by atoms with Crippen LogP contribution in [0.25, 0.3) is 0 Å². The van der Waals surface area contributed by atoms with Crippen LogP contribution in [-0.2, 0) is 0 Å². The summed E-state index contributed by atoms with van der Waals surface area (Å²) >= 11 is 2.31. The number of aromatic nitrogens is 1. The van der Waals surface area contributed by atoms with Crippen LogP contribution < -0.4 is 5.32 Å². The van der Waals surface area contributed by atoms with E-state index in [-0.39, 0.29) is 0 Å². The van der Waals surface area contributed by atoms with E-state index in [2.05, 4.69) is 39.0 Å². The minimum atomic E-state index is 0.658. The van der Waals surface area contributed by atoms with Gasteiger partial charge in [-0.1, -0.05) is 12.8 Å². The van der Waals surface area contributed by atoms with Crippen LogP contribution in [0.3, 0.4) is 0 Å². The van der Waals surface area contributed by atoms with Gasteiger partial charge >= 0.3 is 0 Å². The second kappa shape index (κ2) is 4.26. The number of nitrogens with zero attached hydrogens (tertiary/aromatic N) is 1. The molecule has 1 saturated carbocycles. The van der Waals surface area contributed by atoms with Crippen molar-refractivity contribution in [1.29, 1.82) is 0 Å². The van der Waals surface area contributed by atoms with Gasteiger partial charge in [0.2, 0.25) is 0 Å². The zero-order valence-electron chi connectivity index (χ0n) is 7.46. The molecule has 1 aromatic heterocycles. The van der Waals surface area contributed by atoms with Crippen molar-refractivity contribution < 1.29 is 0 Å². The third-order valence-electron chi connectivity index (χ3n) is 2.43. The minimum Gasteiger partial charge on any atom is -0.367 e. The minimum absolute atomic E-state index is 0.658. The lowest BCUT2D eigenvalue weighted by atomic mass is 10.2. The lowest BCUT2D eigenvalue weighted by Crippen LogP contribution is -2.15. The summed E-state index contributed by atoms with van der Waals surface area (Å²) in [5.41, 5.74) is 0. The third-order valence-corrected chi connectivity index (χ3v) is 3.10. The highest BCUT2D eigenvalue weighted by Gasteiger charge is 2.14. The summed E-state index contributed by atoms with van der Waals surface area (Å²) < 4.78 is 1.24. The van der Waals surface area contributed by atoms with Crippen molar-refractivity contribution in [2.24, 2.45) is 0 Å². The molecule has 2 rings (SSSR count). The fourth-order valence-electron chi connectivity index (χ4n) is 1.76. The van der Waals surface area contributed by atoms with E-state index in [1.54, 1.807) is 0 Å². The Hall–Kier alpha value is -0.320. The van der Waals surface area contributed by atoms with E-state index in [1.165, 1.54) is 29.3 Å². The lowest BCUT2D eigenvalue weighted by Gasteiger charge is -2.12. The average Bonchev–Trinajstić information content (AvgIpc) is 2.57. The van der Waals surface area contributed by atoms with Crippen LogP contribution >= 0.6 is 22.6 Å². The molecule has 0 radical (unpaired) electrons. The molecule has 0 aliphatic heterocycles. The standard InChI is InChI=1S/C10H13IN2/c11-8-5-6-12-10(7-8)13-9-3-1-2-4-9/h5-7,9H,1-4H2,(H,12,13). The summed E-state index contributed by atoms with van der Waals surface area (Å²) in [5.74, 6) is 1.03. The fourth-order valence-corrected chi connectivity index (χ4v) is 2.22. The molecule has 0 saturated heterocycles. The van der Waals surface area contributed by atoms with Gasteiger partial charge in [0.05, 0.1) is 0 Å². The first-order valence-electron chi connectivity index (χ1n) is 4.73. The first kappa shape index (κ1) is 9.24. The quantitative estimate of drug-likeness (QED) is 0.846. The van der Waals surface area contributed by atoms with Crippen LogP contribution in [0.2, 0.25) is 0 Å². The van der Waals surface area contributed by atoms with Crippen LogP contribution in [0.4, 0.5) is 5.82 Å². The molecule has 70 valence electrons. The van der Waals surface area contributed by atoms with Gasteiger partial charge < -0.3 is 5.32 Å². The van der Waals surface area contributed by atoms with E-state index >= 15 is 0 Å². The van der Waals surface area contributed by atoms with E-state index in [0.29, 0.717) is 6.04 Å². The molecule has 0 bridgehead atoms. The molecular weight excluding hydrogens is 275 g/mol. The van der Waals surface area contributed by atoms with Gasteiger partial charge in [0, 0.05) is 15.8 Å². The van der Waals surface area contributed by atoms with Gasteiger partial charge in [-0.3, -0.25) is 0 Å². The summed E-state index contributed by atoms with van der Waals surface area (Å²) in [6.45, 7) is 0. The molecule has 1 aliphatic rings. The maximum atomic E-state index is 4.29. The van der Waals surface area contributed by atoms with Gasteiger partial charge in [-0.05, 0) is 47.6 Å². The Morgan fingerprint density at radius 2 is 2.15 bits per heavy atom. The fraction of sp³-hybridized carbons (Fsp3) is 0.500. The third kappa shape index (κ3) is 2.56. The molecule has 1 fully saturated rings. The van der Waals surface area contributed by atoms with Gasteiger partial charge in [-0.25, -0.2) is 4.98 Å². The molecule has 1 aromatic rings. The second-order valence-corrected chi connectivity index (χ2v) is 4.73. The molecule has 2 nitrogen and oxygen atoms in total. The maximum Gasteiger partial charge on any atom is 0.127 e. The number of halogens is 1. The summed E-state index contributed by atoms with van der Waals surface area (Å²) in [7, 11) is 0. The van der Waals surface area contributed by atoms with Crippen LogP contribution in [-0.4, -0.2) is 11.0 Å². The summed E-state index contributed by atoms with van der Waals surface area (Å²) in [6, 6.07) is 4.77. The zero-order chi connectivity index (χ0) is 9.10. The molecular formula is C10H13IN2. The smallest absolute Gasteiger partial charge is 0.127 e. The highest BCUT2D eigenvalue weighted by Crippen LogP contribution is 2.21. The summed E-state index contributed by atoms with van der Waals surface area (Å²) in [5, 5.41) is 3.47. The molecule has 0 spiro atoms. The Balaban J connectivity index is 2.00. The molecule has 13 heavy (non-hydrogen) atoms. The van der Waals surface area contributed by atoms with Crippen LogP contribution in [0.5, 0.6) is 0 Å². The van der Waals surface area contributed by atoms with Crippen LogP contribution in [0, 0.1) is 3.57 Å². The Morgan fingerprint density at radius 1 is 1.38 bits per heavy atom. The molecule has 0 aromatic carbocycles. The summed E-state index contributed by atoms with van der Waals surface area (Å²) in [4.78, 5) is 4.29. The monoisotopic (exact) mass is 288 g/mol. The number of nitrogens with one attached hydrogen (secondary N) is 1. The zero-order valence-corrected chi connectivity index (χ0v) is 9.62. The SMILES string of the molecule is Ic1ccnc(NC2CCCC2)c1. The molecule has 0 amide bonds. The van der Waals surface area contributed by atoms with Crippen molar-refractivity contribution in [2.75, 3.05) is 5.32 Å². The number of rotatable bonds is 2. The maximum absolute atomic E-state index is 4.29. The Bertz CT molecular complexity index is 282. The number of hydrogen-bond acceptors (Lipinski definition) is 2. The van der Waals surface area contributed by atoms with Crippen molar-refractivity contribution in [3.8, 4) is 0 Å². The first-order chi connectivity index (χ1) is 6.34. The van der Waals surface area contributed by atoms with E-state index < -0.39 is 0 Å². The molecule has 0 atom stereocenters. The van der Waals surface area contributed by atoms with Crippen molar-refractivity contribution in [3.63, 3.8) is 0 Å². The van der Waals surface area contributed by atoms with Gasteiger partial charge in [-0.2, -0.15) is 0 Å². The molecule has 1 aliphatic carbocycles. The van der Waals surface area contributed by atoms with Gasteiger partial charge in [0.15, 0.2) is 0 Å². The van der Waals surface area contributed by atoms with Crippen molar-refractivity contribution >= 4 is 28.4 Å². The highest BCUT2D eigenvalue weighted by atomic mass is 127. The molecule has 0 unspecified atom stereocenters. The highest BCUT2D eigenvalue weighted by molar-refractivity contribution is 14.1. The van der Waals surface area contributed by atoms with Crippen LogP contribution in [0.1, 0.15) is 25.7 Å².